The van der Waals surface area contributed by atoms with Gasteiger partial charge in [0.15, 0.2) is 0 Å². The minimum Gasteiger partial charge on any atom is -0.395 e. The van der Waals surface area contributed by atoms with Gasteiger partial charge in [-0.3, -0.25) is 14.5 Å². The van der Waals surface area contributed by atoms with Crippen LogP contribution in [0.3, 0.4) is 0 Å². The Morgan fingerprint density at radius 3 is 2.62 bits per heavy atom. The number of pyridine rings is 2. The van der Waals surface area contributed by atoms with E-state index < -0.39 is 6.10 Å². The van der Waals surface area contributed by atoms with Gasteiger partial charge in [-0.25, -0.2) is 4.98 Å². The van der Waals surface area contributed by atoms with Gasteiger partial charge in [-0.05, 0) is 96.9 Å². The first-order valence-corrected chi connectivity index (χ1v) is 17.0. The van der Waals surface area contributed by atoms with Gasteiger partial charge >= 0.3 is 0 Å². The fraction of sp³-hybridized carbons (Fsp3) is 0.472. The molecule has 1 aliphatic carbocycles. The normalized spacial score (nSPS) is 21.4. The number of hydrogen-bond donors (Lipinski definition) is 4. The highest BCUT2D eigenvalue weighted by Crippen LogP contribution is 2.38. The molecule has 1 amide bonds. The molecule has 4 aromatic rings. The van der Waals surface area contributed by atoms with Gasteiger partial charge in [0.2, 0.25) is 5.56 Å². The van der Waals surface area contributed by atoms with Crippen molar-refractivity contribution in [3.63, 3.8) is 0 Å². The molecule has 238 valence electrons. The molecular formula is C36H44N4O4S. The van der Waals surface area contributed by atoms with Crippen molar-refractivity contribution < 1.29 is 15.0 Å². The number of aromatic amines is 1. The summed E-state index contributed by atoms with van der Waals surface area (Å²) in [5, 5.41) is 24.8. The highest BCUT2D eigenvalue weighted by atomic mass is 32.1. The lowest BCUT2D eigenvalue weighted by Crippen LogP contribution is -2.51. The van der Waals surface area contributed by atoms with E-state index in [1.807, 2.05) is 30.3 Å². The Bertz CT molecular complexity index is 1690. The number of aryl methyl sites for hydroxylation is 1. The van der Waals surface area contributed by atoms with Gasteiger partial charge in [0.1, 0.15) is 4.83 Å². The summed E-state index contributed by atoms with van der Waals surface area (Å²) in [6.45, 7) is 8.27. The Balaban J connectivity index is 1.24. The van der Waals surface area contributed by atoms with Crippen LogP contribution < -0.4 is 10.9 Å². The number of likely N-dealkylation sites (tertiary alicyclic amines) is 1. The van der Waals surface area contributed by atoms with Gasteiger partial charge in [0, 0.05) is 29.9 Å². The van der Waals surface area contributed by atoms with Crippen molar-refractivity contribution in [2.45, 2.75) is 77.5 Å². The fourth-order valence-corrected chi connectivity index (χ4v) is 7.88. The number of H-pyrrole nitrogens is 1. The topological polar surface area (TPSA) is 119 Å². The smallest absolute Gasteiger partial charge is 0.261 e. The molecule has 45 heavy (non-hydrogen) atoms. The van der Waals surface area contributed by atoms with E-state index in [9.17, 15) is 19.8 Å². The lowest BCUT2D eigenvalue weighted by Gasteiger charge is -2.38. The van der Waals surface area contributed by atoms with Crippen LogP contribution in [0.25, 0.3) is 21.3 Å². The molecule has 4 heterocycles. The SMILES string of the molecule is CC(C)(C)[C@H]1CCc2nc3sc(C(=O)N[C@H](CCN4CCC[C@H](O)[C@H]4CO)c4ccc(-c5ccc(=O)[nH]c5)cc4)cc3cc2C1. The molecule has 4 atom stereocenters. The highest BCUT2D eigenvalue weighted by Gasteiger charge is 2.31. The number of carbonyl (C=O) groups excluding carboxylic acids is 1. The third-order valence-corrected chi connectivity index (χ3v) is 10.9. The molecule has 0 saturated carbocycles. The molecule has 1 aliphatic heterocycles. The van der Waals surface area contributed by atoms with Gasteiger partial charge in [0.05, 0.1) is 29.7 Å². The maximum atomic E-state index is 13.8. The zero-order valence-electron chi connectivity index (χ0n) is 26.4. The Morgan fingerprint density at radius 1 is 1.13 bits per heavy atom. The molecule has 2 aliphatic rings. The molecule has 1 saturated heterocycles. The van der Waals surface area contributed by atoms with E-state index in [0.717, 1.165) is 59.1 Å². The molecule has 0 spiro atoms. The summed E-state index contributed by atoms with van der Waals surface area (Å²) in [6, 6.07) is 15.0. The number of thiophene rings is 1. The molecular weight excluding hydrogens is 584 g/mol. The van der Waals surface area contributed by atoms with Crippen LogP contribution in [0.5, 0.6) is 0 Å². The monoisotopic (exact) mass is 628 g/mol. The third-order valence-electron chi connectivity index (χ3n) is 9.81. The van der Waals surface area contributed by atoms with Crippen molar-refractivity contribution in [3.8, 4) is 11.1 Å². The molecule has 9 heteroatoms. The summed E-state index contributed by atoms with van der Waals surface area (Å²) in [5.74, 6) is 0.490. The number of nitrogens with zero attached hydrogens (tertiary/aromatic N) is 2. The molecule has 6 rings (SSSR count). The average Bonchev–Trinajstić information content (AvgIpc) is 3.44. The zero-order chi connectivity index (χ0) is 31.7. The van der Waals surface area contributed by atoms with E-state index in [1.54, 1.807) is 12.3 Å². The van der Waals surface area contributed by atoms with Gasteiger partial charge in [-0.1, -0.05) is 45.0 Å². The number of nitrogens with one attached hydrogen (secondary N) is 2. The predicted molar refractivity (Wildman–Crippen MR) is 180 cm³/mol. The average molecular weight is 629 g/mol. The van der Waals surface area contributed by atoms with Crippen molar-refractivity contribution in [2.75, 3.05) is 19.7 Å². The molecule has 1 aromatic carbocycles. The Morgan fingerprint density at radius 2 is 1.91 bits per heavy atom. The number of rotatable bonds is 8. The van der Waals surface area contributed by atoms with Crippen LogP contribution in [0, 0.1) is 11.3 Å². The highest BCUT2D eigenvalue weighted by molar-refractivity contribution is 7.20. The Labute approximate surface area is 268 Å². The standard InChI is InChI=1S/C36H44N4O4S/c1-36(2,3)27-11-12-28-25(18-27)17-26-19-32(45-35(26)39-28)34(44)38-29(14-16-40-15-4-5-31(42)30(40)21-41)23-8-6-22(7-9-23)24-10-13-33(43)37-20-24/h6-10,13,17,19-20,27,29-31,41-42H,4-5,11-12,14-16,18,21H2,1-3H3,(H,37,43)(H,38,44)/t27-,29+,30+,31-/m0/s1. The van der Waals surface area contributed by atoms with E-state index >= 15 is 0 Å². The summed E-state index contributed by atoms with van der Waals surface area (Å²) >= 11 is 1.44. The quantitative estimate of drug-likeness (QED) is 0.205. The van der Waals surface area contributed by atoms with Gasteiger partial charge in [0.25, 0.3) is 5.91 Å². The number of aliphatic hydroxyl groups excluding tert-OH is 2. The number of amides is 1. The fourth-order valence-electron chi connectivity index (χ4n) is 6.94. The maximum Gasteiger partial charge on any atom is 0.261 e. The van der Waals surface area contributed by atoms with Crippen molar-refractivity contribution >= 4 is 27.5 Å². The first-order chi connectivity index (χ1) is 21.6. The largest absolute Gasteiger partial charge is 0.395 e. The van der Waals surface area contributed by atoms with Crippen molar-refractivity contribution in [2.24, 2.45) is 11.3 Å². The van der Waals surface area contributed by atoms with Crippen LogP contribution in [0.15, 0.2) is 59.5 Å². The van der Waals surface area contributed by atoms with Crippen LogP contribution in [0.2, 0.25) is 0 Å². The number of hydrogen-bond acceptors (Lipinski definition) is 7. The zero-order valence-corrected chi connectivity index (χ0v) is 27.2. The van der Waals surface area contributed by atoms with Gasteiger partial charge < -0.3 is 20.5 Å². The summed E-state index contributed by atoms with van der Waals surface area (Å²) in [7, 11) is 0. The number of aromatic nitrogens is 2. The van der Waals surface area contributed by atoms with E-state index in [0.29, 0.717) is 30.2 Å². The maximum absolute atomic E-state index is 13.8. The summed E-state index contributed by atoms with van der Waals surface area (Å²) in [6.07, 6.45) is 6.47. The summed E-state index contributed by atoms with van der Waals surface area (Å²) < 4.78 is 0. The predicted octanol–water partition coefficient (Wildman–Crippen LogP) is 5.48. The number of carbonyl (C=O) groups is 1. The van der Waals surface area contributed by atoms with Gasteiger partial charge in [-0.15, -0.1) is 11.3 Å². The number of fused-ring (bicyclic) bond motifs is 2. The lowest BCUT2D eigenvalue weighted by atomic mass is 9.71. The molecule has 4 N–H and O–H groups in total. The second kappa shape index (κ2) is 13.2. The van der Waals surface area contributed by atoms with E-state index in [1.165, 1.54) is 28.7 Å². The van der Waals surface area contributed by atoms with Crippen LogP contribution in [0.1, 0.15) is 79.0 Å². The van der Waals surface area contributed by atoms with Crippen molar-refractivity contribution in [1.29, 1.82) is 0 Å². The molecule has 3 aromatic heterocycles. The second-order valence-corrected chi connectivity index (χ2v) is 14.8. The molecule has 0 bridgehead atoms. The first-order valence-electron chi connectivity index (χ1n) is 16.1. The number of benzene rings is 1. The molecule has 0 radical (unpaired) electrons. The van der Waals surface area contributed by atoms with Crippen molar-refractivity contribution in [3.05, 3.63) is 86.8 Å². The van der Waals surface area contributed by atoms with E-state index in [2.05, 4.69) is 42.0 Å². The van der Waals surface area contributed by atoms with Crippen LogP contribution in [0.4, 0.5) is 0 Å². The van der Waals surface area contributed by atoms with Crippen LogP contribution in [-0.2, 0) is 12.8 Å². The minimum absolute atomic E-state index is 0.0959. The molecule has 1 fully saturated rings. The first kappa shape index (κ1) is 31.6. The number of piperidine rings is 1. The van der Waals surface area contributed by atoms with E-state index in [4.69, 9.17) is 4.98 Å². The third kappa shape index (κ3) is 7.07. The van der Waals surface area contributed by atoms with Crippen LogP contribution in [-0.4, -0.2) is 62.8 Å². The number of aliphatic hydroxyl groups is 2. The minimum atomic E-state index is -0.552. The Hall–Kier alpha value is -3.37. The summed E-state index contributed by atoms with van der Waals surface area (Å²) in [5.41, 5.74) is 5.42. The molecule has 8 nitrogen and oxygen atoms in total. The van der Waals surface area contributed by atoms with E-state index in [-0.39, 0.29) is 35.6 Å². The Kier molecular flexibility index (Phi) is 9.24. The van der Waals surface area contributed by atoms with Crippen LogP contribution >= 0.6 is 11.3 Å². The molecule has 0 unspecified atom stereocenters. The van der Waals surface area contributed by atoms with Crippen molar-refractivity contribution in [1.82, 2.24) is 20.2 Å². The summed E-state index contributed by atoms with van der Waals surface area (Å²) in [4.78, 5) is 36.7. The lowest BCUT2D eigenvalue weighted by molar-refractivity contribution is -0.0171. The second-order valence-electron chi connectivity index (χ2n) is 13.8. The van der Waals surface area contributed by atoms with Gasteiger partial charge in [-0.2, -0.15) is 0 Å².